The van der Waals surface area contributed by atoms with Crippen molar-refractivity contribution in [3.8, 4) is 11.9 Å². The molecule has 2 rings (SSSR count). The fourth-order valence-electron chi connectivity index (χ4n) is 3.42. The van der Waals surface area contributed by atoms with Crippen molar-refractivity contribution in [2.75, 3.05) is 6.61 Å². The third-order valence-corrected chi connectivity index (χ3v) is 4.60. The number of rotatable bonds is 7. The Morgan fingerprint density at radius 2 is 1.50 bits per heavy atom. The topological polar surface area (TPSA) is 160 Å². The maximum atomic E-state index is 11.9. The van der Waals surface area contributed by atoms with Gasteiger partial charge in [0.15, 0.2) is 12.2 Å². The molecule has 1 fully saturated rings. The van der Waals surface area contributed by atoms with Crippen LogP contribution in [0, 0.1) is 25.2 Å². The Morgan fingerprint density at radius 1 is 0.941 bits per heavy atom. The van der Waals surface area contributed by atoms with E-state index in [1.807, 2.05) is 6.07 Å². The van der Waals surface area contributed by atoms with E-state index >= 15 is 0 Å². The zero-order valence-corrected chi connectivity index (χ0v) is 19.6. The number of aryl methyl sites for hydroxylation is 2. The van der Waals surface area contributed by atoms with Gasteiger partial charge in [0.25, 0.3) is 0 Å². The van der Waals surface area contributed by atoms with E-state index in [2.05, 4.69) is 4.98 Å². The van der Waals surface area contributed by atoms with Crippen molar-refractivity contribution in [1.29, 1.82) is 5.26 Å². The van der Waals surface area contributed by atoms with Crippen LogP contribution < -0.4 is 4.74 Å². The maximum Gasteiger partial charge on any atom is 0.303 e. The van der Waals surface area contributed by atoms with Gasteiger partial charge in [0.2, 0.25) is 18.3 Å². The lowest BCUT2D eigenvalue weighted by Crippen LogP contribution is -2.63. The largest absolute Gasteiger partial charge is 0.463 e. The molecule has 0 aliphatic carbocycles. The number of nitriles is 1. The molecule has 0 spiro atoms. The van der Waals surface area contributed by atoms with Crippen LogP contribution in [0.15, 0.2) is 6.07 Å². The number of carbonyl (C=O) groups is 4. The van der Waals surface area contributed by atoms with Crippen molar-refractivity contribution in [3.05, 3.63) is 22.9 Å². The molecule has 0 radical (unpaired) electrons. The van der Waals surface area contributed by atoms with Gasteiger partial charge >= 0.3 is 23.9 Å². The summed E-state index contributed by atoms with van der Waals surface area (Å²) >= 11 is 0. The van der Waals surface area contributed by atoms with E-state index in [4.69, 9.17) is 28.4 Å². The zero-order chi connectivity index (χ0) is 25.6. The second-order valence-electron chi connectivity index (χ2n) is 7.56. The molecule has 5 atom stereocenters. The summed E-state index contributed by atoms with van der Waals surface area (Å²) in [4.78, 5) is 51.2. The Bertz CT molecular complexity index is 1000. The molecule has 1 aromatic rings. The van der Waals surface area contributed by atoms with Crippen molar-refractivity contribution < 1.29 is 47.6 Å². The number of esters is 4. The first-order chi connectivity index (χ1) is 15.9. The molecular weight excluding hydrogens is 452 g/mol. The predicted molar refractivity (Wildman–Crippen MR) is 111 cm³/mol. The number of aromatic nitrogens is 1. The lowest BCUT2D eigenvalue weighted by molar-refractivity contribution is -0.289. The van der Waals surface area contributed by atoms with E-state index in [0.29, 0.717) is 11.3 Å². The van der Waals surface area contributed by atoms with Crippen molar-refractivity contribution in [2.45, 2.75) is 72.2 Å². The van der Waals surface area contributed by atoms with E-state index in [0.717, 1.165) is 20.8 Å². The highest BCUT2D eigenvalue weighted by Gasteiger charge is 2.53. The molecule has 1 aromatic heterocycles. The Kier molecular flexibility index (Phi) is 8.91. The van der Waals surface area contributed by atoms with Gasteiger partial charge in [0.1, 0.15) is 24.3 Å². The van der Waals surface area contributed by atoms with Crippen LogP contribution in [0.4, 0.5) is 0 Å². The summed E-state index contributed by atoms with van der Waals surface area (Å²) in [5, 5.41) is 9.56. The van der Waals surface area contributed by atoms with E-state index in [-0.39, 0.29) is 11.4 Å². The standard InChI is InChI=1S/C22H26N2O10/c1-10-7-11(2)24-21(16(10)8-23)34-22-20(32-15(6)28)19(31-14(5)27)18(30-13(4)26)17(33-22)9-29-12(3)25/h7,17-20,22H,9H2,1-6H3/t17-,18-,19+,20-,22+/m1/s1. The summed E-state index contributed by atoms with van der Waals surface area (Å²) in [6.07, 6.45) is -6.77. The van der Waals surface area contributed by atoms with Crippen LogP contribution in [-0.4, -0.2) is 66.2 Å². The summed E-state index contributed by atoms with van der Waals surface area (Å²) in [6, 6.07) is 3.67. The van der Waals surface area contributed by atoms with Gasteiger partial charge in [0.05, 0.1) is 0 Å². The molecule has 2 heterocycles. The van der Waals surface area contributed by atoms with E-state index < -0.39 is 61.2 Å². The second-order valence-corrected chi connectivity index (χ2v) is 7.56. The summed E-state index contributed by atoms with van der Waals surface area (Å²) in [7, 11) is 0. The summed E-state index contributed by atoms with van der Waals surface area (Å²) in [5.41, 5.74) is 1.23. The molecule has 0 amide bonds. The summed E-state index contributed by atoms with van der Waals surface area (Å²) in [6.45, 7) is 7.49. The third kappa shape index (κ3) is 6.89. The van der Waals surface area contributed by atoms with Crippen LogP contribution in [0.25, 0.3) is 0 Å². The van der Waals surface area contributed by atoms with E-state index in [9.17, 15) is 24.4 Å². The number of pyridine rings is 1. The number of hydrogen-bond acceptors (Lipinski definition) is 12. The Hall–Kier alpha value is -3.72. The van der Waals surface area contributed by atoms with Gasteiger partial charge in [-0.3, -0.25) is 19.2 Å². The first kappa shape index (κ1) is 26.5. The lowest BCUT2D eigenvalue weighted by Gasteiger charge is -2.43. The smallest absolute Gasteiger partial charge is 0.303 e. The number of nitrogens with zero attached hydrogens (tertiary/aromatic N) is 2. The molecule has 184 valence electrons. The molecule has 1 aliphatic heterocycles. The van der Waals surface area contributed by atoms with Gasteiger partial charge in [-0.2, -0.15) is 5.26 Å². The van der Waals surface area contributed by atoms with E-state index in [1.54, 1.807) is 19.9 Å². The summed E-state index contributed by atoms with van der Waals surface area (Å²) < 4.78 is 32.7. The Labute approximate surface area is 196 Å². The SMILES string of the molecule is CC(=O)OC[C@H]1O[C@@H](Oc2nc(C)cc(C)c2C#N)[C@H](OC(C)=O)[C@@H](OC(C)=O)[C@@H]1OC(C)=O. The Balaban J connectivity index is 2.56. The second kappa shape index (κ2) is 11.4. The minimum atomic E-state index is -1.47. The average Bonchev–Trinajstić information content (AvgIpc) is 2.69. The molecule has 1 aliphatic rings. The van der Waals surface area contributed by atoms with Gasteiger partial charge in [-0.15, -0.1) is 0 Å². The van der Waals surface area contributed by atoms with Crippen LogP contribution in [0.2, 0.25) is 0 Å². The molecule has 0 saturated carbocycles. The molecule has 1 saturated heterocycles. The molecule has 0 N–H and O–H groups in total. The van der Waals surface area contributed by atoms with Gasteiger partial charge in [-0.1, -0.05) is 0 Å². The molecule has 0 bridgehead atoms. The van der Waals surface area contributed by atoms with Crippen molar-refractivity contribution >= 4 is 23.9 Å². The molecular formula is C22H26N2O10. The zero-order valence-electron chi connectivity index (χ0n) is 19.6. The first-order valence-corrected chi connectivity index (χ1v) is 10.3. The minimum absolute atomic E-state index is 0.110. The first-order valence-electron chi connectivity index (χ1n) is 10.3. The van der Waals surface area contributed by atoms with Crippen molar-refractivity contribution in [3.63, 3.8) is 0 Å². The van der Waals surface area contributed by atoms with Gasteiger partial charge in [0, 0.05) is 33.4 Å². The number of carbonyl (C=O) groups excluding carboxylic acids is 4. The molecule has 12 heteroatoms. The monoisotopic (exact) mass is 478 g/mol. The highest BCUT2D eigenvalue weighted by Crippen LogP contribution is 2.32. The highest BCUT2D eigenvalue weighted by molar-refractivity contribution is 5.68. The predicted octanol–water partition coefficient (Wildman–Crippen LogP) is 1.03. The maximum absolute atomic E-state index is 11.9. The van der Waals surface area contributed by atoms with Crippen molar-refractivity contribution in [2.24, 2.45) is 0 Å². The molecule has 34 heavy (non-hydrogen) atoms. The number of hydrogen-bond donors (Lipinski definition) is 0. The van der Waals surface area contributed by atoms with Crippen LogP contribution in [0.3, 0.4) is 0 Å². The third-order valence-electron chi connectivity index (χ3n) is 4.60. The Morgan fingerprint density at radius 3 is 2.03 bits per heavy atom. The normalized spacial score (nSPS) is 23.7. The average molecular weight is 478 g/mol. The van der Waals surface area contributed by atoms with E-state index in [1.165, 1.54) is 6.92 Å². The lowest BCUT2D eigenvalue weighted by atomic mass is 9.98. The van der Waals surface area contributed by atoms with Crippen LogP contribution in [0.1, 0.15) is 44.5 Å². The minimum Gasteiger partial charge on any atom is -0.463 e. The quantitative estimate of drug-likeness (QED) is 0.405. The van der Waals surface area contributed by atoms with Gasteiger partial charge < -0.3 is 28.4 Å². The van der Waals surface area contributed by atoms with Gasteiger partial charge in [-0.05, 0) is 25.5 Å². The van der Waals surface area contributed by atoms with Gasteiger partial charge in [-0.25, -0.2) is 4.98 Å². The molecule has 12 nitrogen and oxygen atoms in total. The number of ether oxygens (including phenoxy) is 6. The molecule has 0 aromatic carbocycles. The van der Waals surface area contributed by atoms with Crippen LogP contribution in [-0.2, 0) is 42.9 Å². The van der Waals surface area contributed by atoms with Crippen LogP contribution in [0.5, 0.6) is 5.88 Å². The van der Waals surface area contributed by atoms with Crippen molar-refractivity contribution in [1.82, 2.24) is 4.98 Å². The molecule has 0 unspecified atom stereocenters. The van der Waals surface area contributed by atoms with Crippen LogP contribution >= 0.6 is 0 Å². The fourth-order valence-corrected chi connectivity index (χ4v) is 3.42. The highest BCUT2D eigenvalue weighted by atomic mass is 16.7. The summed E-state index contributed by atoms with van der Waals surface area (Å²) in [5.74, 6) is -3.04. The fraction of sp³-hybridized carbons (Fsp3) is 0.545.